The molecule has 0 radical (unpaired) electrons. The second-order valence-electron chi connectivity index (χ2n) is 7.09. The molecule has 0 unspecified atom stereocenters. The number of fused-ring (bicyclic) bond motifs is 3. The van der Waals surface area contributed by atoms with Crippen molar-refractivity contribution in [3.05, 3.63) is 95.6 Å². The van der Waals surface area contributed by atoms with E-state index in [0.717, 1.165) is 16.7 Å². The SMILES string of the molecule is CON(C)C(=O)[C@H](C)NC1(c2ccccc2)c2ccccc2-c2ccccc21. The Labute approximate surface area is 165 Å². The number of carbonyl (C=O) groups is 1. The summed E-state index contributed by atoms with van der Waals surface area (Å²) in [5.74, 6) is -0.125. The minimum atomic E-state index is -0.613. The van der Waals surface area contributed by atoms with Crippen molar-refractivity contribution in [1.29, 1.82) is 0 Å². The highest BCUT2D eigenvalue weighted by Gasteiger charge is 2.46. The molecule has 0 aliphatic heterocycles. The van der Waals surface area contributed by atoms with Gasteiger partial charge in [0.05, 0.1) is 18.7 Å². The van der Waals surface area contributed by atoms with Crippen molar-refractivity contribution < 1.29 is 9.63 Å². The molecule has 4 heteroatoms. The number of carbonyl (C=O) groups excluding carboxylic acids is 1. The predicted octanol–water partition coefficient (Wildman–Crippen LogP) is 3.96. The van der Waals surface area contributed by atoms with Crippen molar-refractivity contribution in [2.24, 2.45) is 0 Å². The maximum absolute atomic E-state index is 12.8. The number of amides is 1. The summed E-state index contributed by atoms with van der Waals surface area (Å²) in [6.45, 7) is 1.88. The fraction of sp³-hybridized carbons (Fsp3) is 0.208. The second-order valence-corrected chi connectivity index (χ2v) is 7.09. The first kappa shape index (κ1) is 18.4. The first-order valence-corrected chi connectivity index (χ1v) is 9.44. The molecule has 4 rings (SSSR count). The van der Waals surface area contributed by atoms with Crippen molar-refractivity contribution in [2.45, 2.75) is 18.5 Å². The zero-order chi connectivity index (χ0) is 19.7. The summed E-state index contributed by atoms with van der Waals surface area (Å²) in [5.41, 5.74) is 5.18. The third kappa shape index (κ3) is 2.73. The van der Waals surface area contributed by atoms with E-state index in [1.165, 1.54) is 23.3 Å². The monoisotopic (exact) mass is 372 g/mol. The van der Waals surface area contributed by atoms with Gasteiger partial charge in [0, 0.05) is 7.05 Å². The van der Waals surface area contributed by atoms with Gasteiger partial charge in [-0.15, -0.1) is 0 Å². The molecule has 0 heterocycles. The Kier molecular flexibility index (Phi) is 4.75. The molecule has 28 heavy (non-hydrogen) atoms. The van der Waals surface area contributed by atoms with Crippen molar-refractivity contribution in [3.63, 3.8) is 0 Å². The third-order valence-corrected chi connectivity index (χ3v) is 5.55. The van der Waals surface area contributed by atoms with Crippen LogP contribution in [0.5, 0.6) is 0 Å². The smallest absolute Gasteiger partial charge is 0.262 e. The van der Waals surface area contributed by atoms with Crippen LogP contribution in [0.1, 0.15) is 23.6 Å². The van der Waals surface area contributed by atoms with Crippen molar-refractivity contribution in [2.75, 3.05) is 14.2 Å². The van der Waals surface area contributed by atoms with Crippen molar-refractivity contribution in [1.82, 2.24) is 10.4 Å². The molecular formula is C24H24N2O2. The van der Waals surface area contributed by atoms with Gasteiger partial charge < -0.3 is 0 Å². The van der Waals surface area contributed by atoms with Gasteiger partial charge in [-0.2, -0.15) is 0 Å². The van der Waals surface area contributed by atoms with Crippen LogP contribution in [0.25, 0.3) is 11.1 Å². The topological polar surface area (TPSA) is 41.6 Å². The molecular weight excluding hydrogens is 348 g/mol. The molecule has 1 aliphatic rings. The molecule has 0 saturated heterocycles. The van der Waals surface area contributed by atoms with E-state index in [1.54, 1.807) is 7.05 Å². The highest BCUT2D eigenvalue weighted by atomic mass is 16.7. The van der Waals surface area contributed by atoms with Gasteiger partial charge in [0.25, 0.3) is 5.91 Å². The Balaban J connectivity index is 1.94. The van der Waals surface area contributed by atoms with Crippen LogP contribution in [0.2, 0.25) is 0 Å². The number of hydroxylamine groups is 2. The van der Waals surface area contributed by atoms with Crippen LogP contribution in [-0.4, -0.2) is 31.2 Å². The molecule has 4 nitrogen and oxygen atoms in total. The second kappa shape index (κ2) is 7.23. The lowest BCUT2D eigenvalue weighted by Gasteiger charge is -2.37. The van der Waals surface area contributed by atoms with Gasteiger partial charge in [0.1, 0.15) is 0 Å². The minimum absolute atomic E-state index is 0.125. The molecule has 0 bridgehead atoms. The van der Waals surface area contributed by atoms with E-state index in [0.29, 0.717) is 0 Å². The summed E-state index contributed by atoms with van der Waals surface area (Å²) in [6, 6.07) is 26.7. The Hall–Kier alpha value is -2.95. The Bertz CT molecular complexity index is 955. The largest absolute Gasteiger partial charge is 0.289 e. The highest BCUT2D eigenvalue weighted by molar-refractivity contribution is 5.85. The van der Waals surface area contributed by atoms with Crippen LogP contribution in [-0.2, 0) is 15.2 Å². The first-order chi connectivity index (χ1) is 13.6. The number of rotatable bonds is 5. The predicted molar refractivity (Wildman–Crippen MR) is 111 cm³/mol. The number of nitrogens with zero attached hydrogens (tertiary/aromatic N) is 1. The fourth-order valence-electron chi connectivity index (χ4n) is 4.22. The van der Waals surface area contributed by atoms with E-state index in [4.69, 9.17) is 4.84 Å². The van der Waals surface area contributed by atoms with E-state index in [1.807, 2.05) is 25.1 Å². The maximum Gasteiger partial charge on any atom is 0.262 e. The average Bonchev–Trinajstić information content (AvgIpc) is 3.04. The number of hydrogen-bond donors (Lipinski definition) is 1. The molecule has 1 atom stereocenters. The molecule has 3 aromatic rings. The summed E-state index contributed by atoms with van der Waals surface area (Å²) in [5, 5.41) is 4.93. The zero-order valence-electron chi connectivity index (χ0n) is 16.3. The Morgan fingerprint density at radius 1 is 0.893 bits per heavy atom. The van der Waals surface area contributed by atoms with E-state index < -0.39 is 11.6 Å². The van der Waals surface area contributed by atoms with Crippen LogP contribution in [0.4, 0.5) is 0 Å². The van der Waals surface area contributed by atoms with Gasteiger partial charge >= 0.3 is 0 Å². The van der Waals surface area contributed by atoms with Gasteiger partial charge in [0.2, 0.25) is 0 Å². The maximum atomic E-state index is 12.8. The van der Waals surface area contributed by atoms with E-state index >= 15 is 0 Å². The van der Waals surface area contributed by atoms with Crippen LogP contribution < -0.4 is 5.32 Å². The number of likely N-dealkylation sites (N-methyl/N-ethyl adjacent to an activating group) is 1. The molecule has 1 aliphatic carbocycles. The highest BCUT2D eigenvalue weighted by Crippen LogP contribution is 2.50. The Morgan fingerprint density at radius 3 is 1.93 bits per heavy atom. The number of nitrogens with one attached hydrogen (secondary N) is 1. The summed E-state index contributed by atoms with van der Waals surface area (Å²) in [7, 11) is 3.13. The number of benzene rings is 3. The van der Waals surface area contributed by atoms with E-state index in [-0.39, 0.29) is 5.91 Å². The van der Waals surface area contributed by atoms with Crippen molar-refractivity contribution >= 4 is 5.91 Å². The van der Waals surface area contributed by atoms with Gasteiger partial charge in [-0.25, -0.2) is 5.06 Å². The van der Waals surface area contributed by atoms with Gasteiger partial charge in [-0.1, -0.05) is 78.9 Å². The van der Waals surface area contributed by atoms with Crippen molar-refractivity contribution in [3.8, 4) is 11.1 Å². The lowest BCUT2D eigenvalue weighted by atomic mass is 9.80. The third-order valence-electron chi connectivity index (χ3n) is 5.55. The van der Waals surface area contributed by atoms with E-state index in [2.05, 4.69) is 66.0 Å². The lowest BCUT2D eigenvalue weighted by Crippen LogP contribution is -2.53. The zero-order valence-corrected chi connectivity index (χ0v) is 16.3. The quantitative estimate of drug-likeness (QED) is 0.690. The standard InChI is InChI=1S/C24H24N2O2/c1-17(23(27)26(2)28-3)25-24(18-11-5-4-6-12-18)21-15-9-7-13-19(21)20-14-8-10-16-22(20)24/h4-17,25H,1-3H3/t17-/m0/s1. The summed E-state index contributed by atoms with van der Waals surface area (Å²) < 4.78 is 0. The molecule has 0 spiro atoms. The lowest BCUT2D eigenvalue weighted by molar-refractivity contribution is -0.170. The molecule has 1 amide bonds. The normalized spacial score (nSPS) is 14.8. The van der Waals surface area contributed by atoms with Crippen LogP contribution in [0.15, 0.2) is 78.9 Å². The van der Waals surface area contributed by atoms with Crippen LogP contribution in [0, 0.1) is 0 Å². The summed E-state index contributed by atoms with van der Waals surface area (Å²) in [6.07, 6.45) is 0. The first-order valence-electron chi connectivity index (χ1n) is 9.44. The minimum Gasteiger partial charge on any atom is -0.289 e. The van der Waals surface area contributed by atoms with Gasteiger partial charge in [-0.3, -0.25) is 14.9 Å². The molecule has 0 saturated carbocycles. The molecule has 142 valence electrons. The molecule has 0 aromatic heterocycles. The average molecular weight is 372 g/mol. The van der Waals surface area contributed by atoms with Crippen LogP contribution in [0.3, 0.4) is 0 Å². The molecule has 1 N–H and O–H groups in total. The van der Waals surface area contributed by atoms with Gasteiger partial charge in [0.15, 0.2) is 0 Å². The summed E-state index contributed by atoms with van der Waals surface area (Å²) >= 11 is 0. The summed E-state index contributed by atoms with van der Waals surface area (Å²) in [4.78, 5) is 17.9. The van der Waals surface area contributed by atoms with E-state index in [9.17, 15) is 4.79 Å². The molecule has 0 fully saturated rings. The fourth-order valence-corrected chi connectivity index (χ4v) is 4.22. The van der Waals surface area contributed by atoms with Gasteiger partial charge in [-0.05, 0) is 34.7 Å². The molecule has 3 aromatic carbocycles. The van der Waals surface area contributed by atoms with Crippen LogP contribution >= 0.6 is 0 Å². The Morgan fingerprint density at radius 2 is 1.39 bits per heavy atom. The number of hydrogen-bond acceptors (Lipinski definition) is 3.